The van der Waals surface area contributed by atoms with Gasteiger partial charge in [0.05, 0.1) is 0 Å². The van der Waals surface area contributed by atoms with Crippen LogP contribution >= 0.6 is 0 Å². The third kappa shape index (κ3) is 5.32. The maximum atomic E-state index is 11.6. The van der Waals surface area contributed by atoms with Gasteiger partial charge in [0, 0.05) is 0 Å². The normalized spacial score (nSPS) is 21.1. The molecule has 0 saturated carbocycles. The molecule has 1 N–H and O–H groups in total. The van der Waals surface area contributed by atoms with Crippen molar-refractivity contribution < 1.29 is 9.53 Å². The molecule has 1 rings (SSSR count). The molecule has 0 aromatic heterocycles. The van der Waals surface area contributed by atoms with Gasteiger partial charge in [0.1, 0.15) is 0 Å². The first kappa shape index (κ1) is 14.9. The van der Waals surface area contributed by atoms with E-state index in [0.717, 1.165) is 12.8 Å². The molecule has 4 heteroatoms. The minimum absolute atomic E-state index is 0.177. The number of carbonyl (C=O) groups excluding carboxylic acids is 1. The maximum absolute atomic E-state index is 11.6. The number of rotatable bonds is 2. The molecule has 1 unspecified atom stereocenters. The summed E-state index contributed by atoms with van der Waals surface area (Å²) in [5.41, 5.74) is -0.418. The van der Waals surface area contributed by atoms with Gasteiger partial charge >= 0.3 is 109 Å². The van der Waals surface area contributed by atoms with Gasteiger partial charge in [-0.15, -0.1) is 0 Å². The zero-order valence-corrected chi connectivity index (χ0v) is 14.7. The van der Waals surface area contributed by atoms with E-state index in [1.165, 1.54) is 0 Å². The van der Waals surface area contributed by atoms with Crippen LogP contribution in [0.25, 0.3) is 0 Å². The van der Waals surface area contributed by atoms with Crippen LogP contribution in [0.4, 0.5) is 4.79 Å². The van der Waals surface area contributed by atoms with E-state index in [1.807, 2.05) is 20.8 Å². The van der Waals surface area contributed by atoms with Crippen LogP contribution < -0.4 is 5.32 Å². The number of amides is 1. The van der Waals surface area contributed by atoms with Crippen LogP contribution in [0, 0.1) is 0 Å². The van der Waals surface area contributed by atoms with Crippen molar-refractivity contribution >= 4 is 24.5 Å². The zero-order chi connectivity index (χ0) is 13.3. The summed E-state index contributed by atoms with van der Waals surface area (Å²) in [5.74, 6) is 0. The second-order valence-corrected chi connectivity index (χ2v) is 21.4. The van der Waals surface area contributed by atoms with Crippen LogP contribution in [0.2, 0.25) is 14.8 Å². The Balaban J connectivity index is 2.50. The summed E-state index contributed by atoms with van der Waals surface area (Å²) in [6.07, 6.45) is 4.15. The molecule has 0 aliphatic heterocycles. The molecule has 0 aromatic rings. The van der Waals surface area contributed by atoms with E-state index >= 15 is 0 Å². The van der Waals surface area contributed by atoms with E-state index in [9.17, 15) is 4.79 Å². The standard InChI is InChI=1S/C10H16NO2.3CH3.Sn/c1-10(2,3)13-9(12)11-8-6-4-5-7-8;;;;/h7-8H,4,6H2,1-3H3,(H,11,12);3*1H3;. The molecule has 1 atom stereocenters. The molecule has 1 aliphatic rings. The Morgan fingerprint density at radius 2 is 2.00 bits per heavy atom. The van der Waals surface area contributed by atoms with Gasteiger partial charge in [-0.25, -0.2) is 0 Å². The van der Waals surface area contributed by atoms with E-state index in [1.54, 1.807) is 3.59 Å². The second kappa shape index (κ2) is 5.20. The summed E-state index contributed by atoms with van der Waals surface area (Å²) in [6, 6.07) is 0.177. The fraction of sp³-hybridized carbons (Fsp3) is 0.769. The molecule has 17 heavy (non-hydrogen) atoms. The third-order valence-electron chi connectivity index (χ3n) is 2.79. The van der Waals surface area contributed by atoms with Crippen LogP contribution in [0.1, 0.15) is 33.6 Å². The van der Waals surface area contributed by atoms with E-state index in [0.29, 0.717) is 0 Å². The molecule has 1 aliphatic carbocycles. The average molecular weight is 346 g/mol. The molecule has 0 aromatic carbocycles. The summed E-state index contributed by atoms with van der Waals surface area (Å²) >= 11 is -1.91. The molecule has 0 heterocycles. The van der Waals surface area contributed by atoms with Gasteiger partial charge in [0.2, 0.25) is 0 Å². The van der Waals surface area contributed by atoms with Gasteiger partial charge in [0.25, 0.3) is 0 Å². The number of carbonyl (C=O) groups is 1. The predicted molar refractivity (Wildman–Crippen MR) is 73.8 cm³/mol. The average Bonchev–Trinajstić information content (AvgIpc) is 2.47. The first-order chi connectivity index (χ1) is 7.58. The summed E-state index contributed by atoms with van der Waals surface area (Å²) in [5, 5.41) is 2.93. The van der Waals surface area contributed by atoms with E-state index < -0.39 is 24.0 Å². The van der Waals surface area contributed by atoms with Crippen molar-refractivity contribution in [3.05, 3.63) is 9.67 Å². The van der Waals surface area contributed by atoms with Crippen molar-refractivity contribution in [2.24, 2.45) is 0 Å². The van der Waals surface area contributed by atoms with Crippen molar-refractivity contribution in [2.75, 3.05) is 0 Å². The van der Waals surface area contributed by atoms with Crippen molar-refractivity contribution in [3.8, 4) is 0 Å². The Morgan fingerprint density at radius 3 is 2.41 bits per heavy atom. The zero-order valence-electron chi connectivity index (χ0n) is 11.9. The molecule has 0 radical (unpaired) electrons. The molecule has 1 amide bonds. The molecule has 0 saturated heterocycles. The van der Waals surface area contributed by atoms with E-state index in [-0.39, 0.29) is 12.1 Å². The summed E-state index contributed by atoms with van der Waals surface area (Å²) in [4.78, 5) is 18.9. The number of hydrogen-bond donors (Lipinski definition) is 1. The van der Waals surface area contributed by atoms with Gasteiger partial charge in [0.15, 0.2) is 0 Å². The van der Waals surface area contributed by atoms with Crippen molar-refractivity contribution in [2.45, 2.75) is 60.1 Å². The number of nitrogens with one attached hydrogen (secondary N) is 1. The van der Waals surface area contributed by atoms with Crippen LogP contribution in [0.5, 0.6) is 0 Å². The van der Waals surface area contributed by atoms with Crippen LogP contribution in [0.15, 0.2) is 9.67 Å². The van der Waals surface area contributed by atoms with Crippen molar-refractivity contribution in [3.63, 3.8) is 0 Å². The molecule has 3 nitrogen and oxygen atoms in total. The molecule has 0 spiro atoms. The topological polar surface area (TPSA) is 38.3 Å². The SMILES string of the molecule is CC(C)(C)OC(=O)NC1C=[C]([Sn]([CH3])([CH3])[CH3])CC1. The predicted octanol–water partition coefficient (Wildman–Crippen LogP) is 3.48. The van der Waals surface area contributed by atoms with Crippen molar-refractivity contribution in [1.82, 2.24) is 5.32 Å². The molecular formula is C13H25NO2Sn. The van der Waals surface area contributed by atoms with Gasteiger partial charge in [-0.05, 0) is 0 Å². The number of allylic oxidation sites excluding steroid dienone is 1. The second-order valence-electron chi connectivity index (χ2n) is 6.73. The summed E-state index contributed by atoms with van der Waals surface area (Å²) in [6.45, 7) is 5.65. The first-order valence-electron chi connectivity index (χ1n) is 6.28. The van der Waals surface area contributed by atoms with Crippen LogP contribution in [0.3, 0.4) is 0 Å². The molecule has 0 fully saturated rings. The van der Waals surface area contributed by atoms with Crippen molar-refractivity contribution in [1.29, 1.82) is 0 Å². The number of ether oxygens (including phenoxy) is 1. The third-order valence-corrected chi connectivity index (χ3v) is 9.48. The summed E-state index contributed by atoms with van der Waals surface area (Å²) in [7, 11) is 0. The van der Waals surface area contributed by atoms with Gasteiger partial charge in [-0.1, -0.05) is 0 Å². The number of hydrogen-bond acceptors (Lipinski definition) is 2. The Morgan fingerprint density at radius 1 is 1.41 bits per heavy atom. The Kier molecular flexibility index (Phi) is 4.55. The Hall–Kier alpha value is -0.191. The van der Waals surface area contributed by atoms with Gasteiger partial charge in [-0.2, -0.15) is 0 Å². The molecule has 98 valence electrons. The molecule has 0 bridgehead atoms. The quantitative estimate of drug-likeness (QED) is 0.778. The van der Waals surface area contributed by atoms with Crippen LogP contribution in [-0.4, -0.2) is 36.1 Å². The fourth-order valence-corrected chi connectivity index (χ4v) is 6.47. The summed E-state index contributed by atoms with van der Waals surface area (Å²) < 4.78 is 6.88. The Labute approximate surface area is 109 Å². The van der Waals surface area contributed by atoms with E-state index in [4.69, 9.17) is 4.74 Å². The molecular weight excluding hydrogens is 321 g/mol. The van der Waals surface area contributed by atoms with Gasteiger partial charge in [-0.3, -0.25) is 0 Å². The fourth-order valence-electron chi connectivity index (χ4n) is 1.92. The van der Waals surface area contributed by atoms with Crippen LogP contribution in [-0.2, 0) is 4.74 Å². The minimum atomic E-state index is -1.91. The van der Waals surface area contributed by atoms with E-state index in [2.05, 4.69) is 26.2 Å². The van der Waals surface area contributed by atoms with Gasteiger partial charge < -0.3 is 0 Å². The number of alkyl carbamates (subject to hydrolysis) is 1. The monoisotopic (exact) mass is 347 g/mol. The first-order valence-corrected chi connectivity index (χ1v) is 16.3. The Bertz CT molecular complexity index is 323.